The number of benzene rings is 1. The van der Waals surface area contributed by atoms with Crippen molar-refractivity contribution in [3.05, 3.63) is 67.4 Å². The molecule has 0 fully saturated rings. The van der Waals surface area contributed by atoms with Gasteiger partial charge in [-0.2, -0.15) is 0 Å². The molecule has 4 nitrogen and oxygen atoms in total. The number of rotatable bonds is 0. The van der Waals surface area contributed by atoms with E-state index in [-0.39, 0.29) is 0 Å². The zero-order valence-corrected chi connectivity index (χ0v) is 19.3. The predicted octanol–water partition coefficient (Wildman–Crippen LogP) is 5.61. The number of nitrogens with one attached hydrogen (secondary N) is 2. The van der Waals surface area contributed by atoms with Crippen LogP contribution < -0.4 is 30.2 Å². The monoisotopic (exact) mass is 456 g/mol. The first-order chi connectivity index (χ1) is 15.0. The third-order valence-corrected chi connectivity index (χ3v) is 9.67. The Kier molecular flexibility index (Phi) is 2.73. The van der Waals surface area contributed by atoms with Crippen LogP contribution in [0.15, 0.2) is 37.4 Å². The highest BCUT2D eigenvalue weighted by molar-refractivity contribution is 7.17. The zero-order valence-electron chi connectivity index (χ0n) is 16.8. The zero-order chi connectivity index (χ0) is 20.8. The molecule has 0 spiro atoms. The highest BCUT2D eigenvalue weighted by atomic mass is 32.1. The molecule has 0 amide bonds. The van der Waals surface area contributed by atoms with Gasteiger partial charge in [-0.15, -0.1) is 34.0 Å². The molecule has 1 aromatic carbocycles. The van der Waals surface area contributed by atoms with Crippen LogP contribution in [0.2, 0.25) is 0 Å². The number of aryl methyl sites for hydroxylation is 2. The summed E-state index contributed by atoms with van der Waals surface area (Å²) < 4.78 is 1.28. The molecule has 0 saturated carbocycles. The first-order valence-electron chi connectivity index (χ1n) is 10.1. The van der Waals surface area contributed by atoms with Crippen LogP contribution in [0.1, 0.15) is 20.2 Å². The molecule has 7 heteroatoms. The second kappa shape index (κ2) is 5.07. The van der Waals surface area contributed by atoms with Crippen LogP contribution in [-0.2, 0) is 0 Å². The quantitative estimate of drug-likeness (QED) is 0.360. The van der Waals surface area contributed by atoms with Gasteiger partial charge in [-0.25, -0.2) is 0 Å². The highest BCUT2D eigenvalue weighted by Crippen LogP contribution is 2.52. The lowest BCUT2D eigenvalue weighted by molar-refractivity contribution is 1.32. The van der Waals surface area contributed by atoms with E-state index >= 15 is 0 Å². The summed E-state index contributed by atoms with van der Waals surface area (Å²) in [5, 5.41) is 13.6. The summed E-state index contributed by atoms with van der Waals surface area (Å²) in [4.78, 5) is 8.45. The maximum absolute atomic E-state index is 4.55. The number of nitrogens with zero attached hydrogens (tertiary/aromatic N) is 2. The van der Waals surface area contributed by atoms with Gasteiger partial charge in [0.15, 0.2) is 0 Å². The number of fused-ring (bicyclic) bond motifs is 6. The van der Waals surface area contributed by atoms with Gasteiger partial charge >= 0.3 is 0 Å². The van der Waals surface area contributed by atoms with E-state index in [2.05, 4.69) is 71.7 Å². The molecule has 150 valence electrons. The average molecular weight is 457 g/mol. The van der Waals surface area contributed by atoms with Gasteiger partial charge in [0, 0.05) is 37.0 Å². The van der Waals surface area contributed by atoms with E-state index in [1.54, 1.807) is 22.7 Å². The smallest absolute Gasteiger partial charge is 0.134 e. The largest absolute Gasteiger partial charge is 0.331 e. The van der Waals surface area contributed by atoms with E-state index in [9.17, 15) is 0 Å². The molecule has 31 heavy (non-hydrogen) atoms. The molecule has 4 aliphatic rings. The number of thiophene rings is 3. The Hall–Kier alpha value is -3.00. The van der Waals surface area contributed by atoms with E-state index in [0.29, 0.717) is 0 Å². The van der Waals surface area contributed by atoms with Gasteiger partial charge in [0.05, 0.1) is 26.5 Å². The molecule has 4 aliphatic heterocycles. The van der Waals surface area contributed by atoms with Crippen molar-refractivity contribution in [2.75, 3.05) is 20.4 Å². The molecule has 0 atom stereocenters. The van der Waals surface area contributed by atoms with Gasteiger partial charge in [-0.1, -0.05) is 19.2 Å². The molecule has 8 rings (SSSR count). The molecule has 0 aliphatic carbocycles. The van der Waals surface area contributed by atoms with Crippen LogP contribution in [0, 0.1) is 13.8 Å². The molecule has 0 saturated heterocycles. The van der Waals surface area contributed by atoms with Gasteiger partial charge < -0.3 is 10.6 Å². The first-order valence-corrected chi connectivity index (χ1v) is 12.5. The van der Waals surface area contributed by atoms with E-state index < -0.39 is 0 Å². The van der Waals surface area contributed by atoms with Crippen molar-refractivity contribution < 1.29 is 0 Å². The molecule has 7 heterocycles. The fourth-order valence-electron chi connectivity index (χ4n) is 5.30. The summed E-state index contributed by atoms with van der Waals surface area (Å²) in [5.41, 5.74) is 5.72. The Balaban J connectivity index is 1.50. The molecular weight excluding hydrogens is 440 g/mol. The Morgan fingerprint density at radius 3 is 2.13 bits per heavy atom. The lowest BCUT2D eigenvalue weighted by Crippen LogP contribution is -2.31. The van der Waals surface area contributed by atoms with Crippen molar-refractivity contribution >= 4 is 89.2 Å². The first kappa shape index (κ1) is 16.7. The van der Waals surface area contributed by atoms with E-state index in [1.807, 2.05) is 11.3 Å². The average Bonchev–Trinajstić information content (AvgIpc) is 3.49. The summed E-state index contributed by atoms with van der Waals surface area (Å²) >= 11 is 5.44. The summed E-state index contributed by atoms with van der Waals surface area (Å²) in [6.07, 6.45) is 0. The summed E-state index contributed by atoms with van der Waals surface area (Å²) in [7, 11) is 0. The maximum Gasteiger partial charge on any atom is 0.134 e. The minimum atomic E-state index is 1.04. The fourth-order valence-corrected chi connectivity index (χ4v) is 8.37. The Labute approximate surface area is 190 Å². The van der Waals surface area contributed by atoms with Crippen LogP contribution in [0.4, 0.5) is 21.4 Å². The standard InChI is InChI=1S/C24H16N4S3/c1-9-7-15-24(30-9)26-22-20-17-13(11(3)27(15)22)5-6-14-18(17)19(31-20)12(4)28-16-8-10(2)29-23(16)25-21(14)28/h5-8,25-26H,3-4H2,1-2H3. The lowest BCUT2D eigenvalue weighted by atomic mass is 9.97. The van der Waals surface area contributed by atoms with Crippen LogP contribution >= 0.6 is 34.0 Å². The van der Waals surface area contributed by atoms with Crippen LogP contribution in [-0.4, -0.2) is 0 Å². The third-order valence-electron chi connectivity index (χ3n) is 6.51. The van der Waals surface area contributed by atoms with E-state index in [4.69, 9.17) is 0 Å². The van der Waals surface area contributed by atoms with Gasteiger partial charge in [-0.3, -0.25) is 9.80 Å². The van der Waals surface area contributed by atoms with Crippen LogP contribution in [0.25, 0.3) is 33.8 Å². The predicted molar refractivity (Wildman–Crippen MR) is 136 cm³/mol. The minimum Gasteiger partial charge on any atom is -0.331 e. The highest BCUT2D eigenvalue weighted by Gasteiger charge is 2.39. The molecule has 3 aromatic heterocycles. The minimum absolute atomic E-state index is 1.04. The van der Waals surface area contributed by atoms with Crippen molar-refractivity contribution in [2.45, 2.75) is 13.8 Å². The summed E-state index contributed by atoms with van der Waals surface area (Å²) in [6, 6.07) is 9.00. The molecule has 0 unspecified atom stereocenters. The number of hydrogen-bond acceptors (Lipinski definition) is 7. The SMILES string of the molecule is C=C1c2sc3c4c(ccc(c24)=C2Nc4sc(C)cc4N12)C(=C)N1C=3Nc2sc(C)cc21. The summed E-state index contributed by atoms with van der Waals surface area (Å²) in [6.45, 7) is 13.4. The van der Waals surface area contributed by atoms with E-state index in [0.717, 1.165) is 23.0 Å². The van der Waals surface area contributed by atoms with Gasteiger partial charge in [0.1, 0.15) is 21.6 Å². The molecular formula is C24H16N4S3. The third kappa shape index (κ3) is 1.76. The Bertz CT molecular complexity index is 1710. The van der Waals surface area contributed by atoms with Gasteiger partial charge in [-0.05, 0) is 32.0 Å². The van der Waals surface area contributed by atoms with Crippen LogP contribution in [0.3, 0.4) is 0 Å². The van der Waals surface area contributed by atoms with Crippen molar-refractivity contribution in [1.29, 1.82) is 0 Å². The van der Waals surface area contributed by atoms with Gasteiger partial charge in [0.2, 0.25) is 0 Å². The normalized spacial score (nSPS) is 17.1. The number of anilines is 4. The molecule has 2 N–H and O–H groups in total. The number of hydrogen-bond donors (Lipinski definition) is 2. The molecule has 4 aromatic rings. The molecule has 0 bridgehead atoms. The van der Waals surface area contributed by atoms with Crippen molar-refractivity contribution in [3.63, 3.8) is 0 Å². The topological polar surface area (TPSA) is 30.5 Å². The van der Waals surface area contributed by atoms with Gasteiger partial charge in [0.25, 0.3) is 0 Å². The van der Waals surface area contributed by atoms with Crippen molar-refractivity contribution in [1.82, 2.24) is 0 Å². The Morgan fingerprint density at radius 1 is 0.774 bits per heavy atom. The van der Waals surface area contributed by atoms with E-state index in [1.165, 1.54) is 62.1 Å². The van der Waals surface area contributed by atoms with Crippen molar-refractivity contribution in [2.24, 2.45) is 0 Å². The second-order valence-electron chi connectivity index (χ2n) is 8.33. The Morgan fingerprint density at radius 2 is 1.42 bits per heavy atom. The fraction of sp³-hybridized carbons (Fsp3) is 0.0833. The molecule has 0 radical (unpaired) electrons. The summed E-state index contributed by atoms with van der Waals surface area (Å²) in [5.74, 6) is 2.26. The van der Waals surface area contributed by atoms with Crippen LogP contribution in [0.5, 0.6) is 0 Å². The lowest BCUT2D eigenvalue weighted by Gasteiger charge is -2.28. The maximum atomic E-state index is 4.55. The van der Waals surface area contributed by atoms with Crippen molar-refractivity contribution in [3.8, 4) is 0 Å². The second-order valence-corrected chi connectivity index (χ2v) is 11.9.